The average Bonchev–Trinajstić information content (AvgIpc) is 2.32. The van der Waals surface area contributed by atoms with Gasteiger partial charge < -0.3 is 5.32 Å². The van der Waals surface area contributed by atoms with Crippen LogP contribution in [0.1, 0.15) is 11.1 Å². The molecule has 0 aliphatic heterocycles. The summed E-state index contributed by atoms with van der Waals surface area (Å²) in [6, 6.07) is 10.1. The van der Waals surface area contributed by atoms with Crippen molar-refractivity contribution in [1.29, 1.82) is 0 Å². The van der Waals surface area contributed by atoms with E-state index in [1.807, 2.05) is 25.1 Å². The molecule has 1 nitrogen and oxygen atoms in total. The molecule has 0 heterocycles. The van der Waals surface area contributed by atoms with Crippen molar-refractivity contribution in [2.45, 2.75) is 13.5 Å². The Morgan fingerprint density at radius 1 is 1.06 bits per heavy atom. The third-order valence-electron chi connectivity index (χ3n) is 2.67. The molecule has 0 aromatic heterocycles. The summed E-state index contributed by atoms with van der Waals surface area (Å²) < 4.78 is 12.9. The Morgan fingerprint density at radius 2 is 1.83 bits per heavy atom. The van der Waals surface area contributed by atoms with Gasteiger partial charge in [-0.15, -0.1) is 0 Å². The number of aryl methyl sites for hydroxylation is 1. The Hall–Kier alpha value is -1.25. The van der Waals surface area contributed by atoms with Crippen LogP contribution in [-0.4, -0.2) is 0 Å². The molecule has 0 aliphatic carbocycles. The van der Waals surface area contributed by atoms with Gasteiger partial charge in [-0.1, -0.05) is 35.3 Å². The summed E-state index contributed by atoms with van der Waals surface area (Å²) in [5.41, 5.74) is 2.78. The minimum absolute atomic E-state index is 0.331. The molecular formula is C14H12Cl2FN. The molecule has 0 saturated heterocycles. The van der Waals surface area contributed by atoms with Crippen molar-refractivity contribution < 1.29 is 4.39 Å². The predicted octanol–water partition coefficient (Wildman–Crippen LogP) is 5.05. The standard InChI is InChI=1S/C14H12Cl2FN/c1-9-2-5-12(7-13(9)15)18-8-10-3-4-11(17)6-14(10)16/h2-7,18H,8H2,1H3. The van der Waals surface area contributed by atoms with Crippen LogP contribution in [0, 0.1) is 12.7 Å². The molecule has 0 spiro atoms. The molecule has 0 radical (unpaired) electrons. The van der Waals surface area contributed by atoms with E-state index in [-0.39, 0.29) is 5.82 Å². The van der Waals surface area contributed by atoms with Crippen LogP contribution in [0.15, 0.2) is 36.4 Å². The lowest BCUT2D eigenvalue weighted by molar-refractivity contribution is 0.627. The van der Waals surface area contributed by atoms with Crippen LogP contribution in [0.4, 0.5) is 10.1 Å². The van der Waals surface area contributed by atoms with E-state index in [4.69, 9.17) is 23.2 Å². The number of anilines is 1. The normalized spacial score (nSPS) is 10.4. The smallest absolute Gasteiger partial charge is 0.124 e. The van der Waals surface area contributed by atoms with Crippen molar-refractivity contribution in [2.24, 2.45) is 0 Å². The molecule has 94 valence electrons. The number of benzene rings is 2. The largest absolute Gasteiger partial charge is 0.381 e. The first-order chi connectivity index (χ1) is 8.56. The van der Waals surface area contributed by atoms with Gasteiger partial charge in [0.15, 0.2) is 0 Å². The molecule has 2 rings (SSSR count). The first kappa shape index (κ1) is 13.2. The number of nitrogens with one attached hydrogen (secondary N) is 1. The SMILES string of the molecule is Cc1ccc(NCc2ccc(F)cc2Cl)cc1Cl. The summed E-state index contributed by atoms with van der Waals surface area (Å²) in [5.74, 6) is -0.331. The third-order valence-corrected chi connectivity index (χ3v) is 3.43. The van der Waals surface area contributed by atoms with Gasteiger partial charge in [0.25, 0.3) is 0 Å². The molecule has 0 aliphatic rings. The number of halogens is 3. The summed E-state index contributed by atoms with van der Waals surface area (Å²) in [6.07, 6.45) is 0. The Kier molecular flexibility index (Phi) is 4.10. The van der Waals surface area contributed by atoms with Crippen LogP contribution < -0.4 is 5.32 Å². The Bertz CT molecular complexity index is 570. The fraction of sp³-hybridized carbons (Fsp3) is 0.143. The molecule has 0 bridgehead atoms. The van der Waals surface area contributed by atoms with Crippen molar-refractivity contribution in [3.05, 3.63) is 63.4 Å². The average molecular weight is 284 g/mol. The van der Waals surface area contributed by atoms with Crippen molar-refractivity contribution in [1.82, 2.24) is 0 Å². The van der Waals surface area contributed by atoms with Crippen LogP contribution in [0.3, 0.4) is 0 Å². The van der Waals surface area contributed by atoms with Gasteiger partial charge in [0, 0.05) is 22.3 Å². The number of rotatable bonds is 3. The monoisotopic (exact) mass is 283 g/mol. The zero-order valence-electron chi connectivity index (χ0n) is 9.81. The van der Waals surface area contributed by atoms with E-state index in [1.54, 1.807) is 6.07 Å². The molecule has 2 aromatic rings. The van der Waals surface area contributed by atoms with Crippen molar-refractivity contribution in [3.8, 4) is 0 Å². The minimum Gasteiger partial charge on any atom is -0.381 e. The van der Waals surface area contributed by atoms with E-state index in [0.29, 0.717) is 16.6 Å². The third kappa shape index (κ3) is 3.15. The molecule has 0 saturated carbocycles. The maximum absolute atomic E-state index is 12.9. The van der Waals surface area contributed by atoms with Gasteiger partial charge >= 0.3 is 0 Å². The summed E-state index contributed by atoms with van der Waals surface area (Å²) >= 11 is 12.0. The maximum atomic E-state index is 12.9. The Labute approximate surface area is 116 Å². The van der Waals surface area contributed by atoms with Gasteiger partial charge in [0.2, 0.25) is 0 Å². The van der Waals surface area contributed by atoms with E-state index in [2.05, 4.69) is 5.32 Å². The quantitative estimate of drug-likeness (QED) is 0.831. The van der Waals surface area contributed by atoms with Gasteiger partial charge in [-0.05, 0) is 42.3 Å². The lowest BCUT2D eigenvalue weighted by Crippen LogP contribution is -2.00. The van der Waals surface area contributed by atoms with E-state index in [0.717, 1.165) is 16.8 Å². The van der Waals surface area contributed by atoms with Gasteiger partial charge in [-0.3, -0.25) is 0 Å². The van der Waals surface area contributed by atoms with Crippen LogP contribution in [0.25, 0.3) is 0 Å². The Balaban J connectivity index is 2.09. The first-order valence-corrected chi connectivity index (χ1v) is 6.26. The van der Waals surface area contributed by atoms with Crippen LogP contribution >= 0.6 is 23.2 Å². The molecule has 0 amide bonds. The highest BCUT2D eigenvalue weighted by Crippen LogP contribution is 2.22. The van der Waals surface area contributed by atoms with E-state index in [9.17, 15) is 4.39 Å². The molecule has 4 heteroatoms. The lowest BCUT2D eigenvalue weighted by Gasteiger charge is -2.09. The van der Waals surface area contributed by atoms with Crippen LogP contribution in [0.5, 0.6) is 0 Å². The zero-order valence-corrected chi connectivity index (χ0v) is 11.3. The van der Waals surface area contributed by atoms with Gasteiger partial charge in [0.1, 0.15) is 5.82 Å². The maximum Gasteiger partial charge on any atom is 0.124 e. The van der Waals surface area contributed by atoms with Crippen molar-refractivity contribution in [3.63, 3.8) is 0 Å². The van der Waals surface area contributed by atoms with Gasteiger partial charge in [-0.25, -0.2) is 4.39 Å². The predicted molar refractivity (Wildman–Crippen MR) is 74.9 cm³/mol. The molecule has 1 N–H and O–H groups in total. The van der Waals surface area contributed by atoms with E-state index in [1.165, 1.54) is 12.1 Å². The topological polar surface area (TPSA) is 12.0 Å². The van der Waals surface area contributed by atoms with Gasteiger partial charge in [0.05, 0.1) is 0 Å². The summed E-state index contributed by atoms with van der Waals surface area (Å²) in [4.78, 5) is 0. The highest BCUT2D eigenvalue weighted by molar-refractivity contribution is 6.31. The zero-order chi connectivity index (χ0) is 13.1. The second-order valence-electron chi connectivity index (χ2n) is 4.05. The second kappa shape index (κ2) is 5.59. The highest BCUT2D eigenvalue weighted by atomic mass is 35.5. The lowest BCUT2D eigenvalue weighted by atomic mass is 10.2. The first-order valence-electron chi connectivity index (χ1n) is 5.50. The Morgan fingerprint density at radius 3 is 2.50 bits per heavy atom. The summed E-state index contributed by atoms with van der Waals surface area (Å²) in [7, 11) is 0. The molecule has 0 fully saturated rings. The summed E-state index contributed by atoms with van der Waals surface area (Å²) in [6.45, 7) is 2.47. The second-order valence-corrected chi connectivity index (χ2v) is 4.87. The van der Waals surface area contributed by atoms with Crippen molar-refractivity contribution >= 4 is 28.9 Å². The fourth-order valence-corrected chi connectivity index (χ4v) is 1.98. The molecule has 2 aromatic carbocycles. The molecule has 0 atom stereocenters. The minimum atomic E-state index is -0.331. The van der Waals surface area contributed by atoms with E-state index < -0.39 is 0 Å². The molecule has 0 unspecified atom stereocenters. The van der Waals surface area contributed by atoms with Crippen molar-refractivity contribution in [2.75, 3.05) is 5.32 Å². The number of hydrogen-bond acceptors (Lipinski definition) is 1. The van der Waals surface area contributed by atoms with Crippen LogP contribution in [0.2, 0.25) is 10.0 Å². The summed E-state index contributed by atoms with van der Waals surface area (Å²) in [5, 5.41) is 4.33. The highest BCUT2D eigenvalue weighted by Gasteiger charge is 2.03. The molecular weight excluding hydrogens is 272 g/mol. The fourth-order valence-electron chi connectivity index (χ4n) is 1.57. The van der Waals surface area contributed by atoms with E-state index >= 15 is 0 Å². The van der Waals surface area contributed by atoms with Crippen LogP contribution in [-0.2, 0) is 6.54 Å². The number of hydrogen-bond donors (Lipinski definition) is 1. The molecule has 18 heavy (non-hydrogen) atoms. The van der Waals surface area contributed by atoms with Gasteiger partial charge in [-0.2, -0.15) is 0 Å².